The van der Waals surface area contributed by atoms with E-state index in [-0.39, 0.29) is 18.4 Å². The number of hydrogen-bond acceptors (Lipinski definition) is 4. The first-order chi connectivity index (χ1) is 11.7. The van der Waals surface area contributed by atoms with Crippen LogP contribution in [-0.2, 0) is 14.3 Å². The van der Waals surface area contributed by atoms with Gasteiger partial charge >= 0.3 is 0 Å². The lowest BCUT2D eigenvalue weighted by Gasteiger charge is -2.25. The van der Waals surface area contributed by atoms with Crippen molar-refractivity contribution >= 4 is 12.4 Å². The summed E-state index contributed by atoms with van der Waals surface area (Å²) >= 11 is 0. The summed E-state index contributed by atoms with van der Waals surface area (Å²) in [7, 11) is 2.07. The molecule has 2 fully saturated rings. The number of carbonyl (C=O) groups excluding carboxylic acids is 1. The van der Waals surface area contributed by atoms with E-state index in [2.05, 4.69) is 17.3 Å². The Hall–Kier alpha value is -1.14. The Balaban J connectivity index is 0.000000891. The lowest BCUT2D eigenvalue weighted by molar-refractivity contribution is -0.126. The normalized spacial score (nSPS) is 22.8. The highest BCUT2D eigenvalue weighted by Gasteiger charge is 2.24. The van der Waals surface area contributed by atoms with E-state index in [1.165, 1.54) is 51.4 Å². The summed E-state index contributed by atoms with van der Waals surface area (Å²) in [5, 5.41) is 9.98. The van der Waals surface area contributed by atoms with E-state index in [4.69, 9.17) is 14.6 Å². The van der Waals surface area contributed by atoms with Gasteiger partial charge in [-0.3, -0.25) is 14.5 Å². The first-order valence-corrected chi connectivity index (χ1v) is 9.36. The van der Waals surface area contributed by atoms with Crippen LogP contribution in [0.4, 0.5) is 0 Å². The standard InChI is InChI=1S/C17H32N2O2.CH2O2/c1-19-13-7-3-6-11-16(19)17(20)18-12-8-14-21-15-9-4-2-5-10-15;2-1-3/h15-16H,2-14H2,1H3,(H,18,20);1H,(H,2,3). The van der Waals surface area contributed by atoms with Crippen molar-refractivity contribution < 1.29 is 19.4 Å². The van der Waals surface area contributed by atoms with Gasteiger partial charge in [0.25, 0.3) is 6.47 Å². The number of likely N-dealkylation sites (N-methyl/N-ethyl adjacent to an activating group) is 1. The maximum Gasteiger partial charge on any atom is 0.290 e. The van der Waals surface area contributed by atoms with Crippen LogP contribution < -0.4 is 5.32 Å². The third-order valence-corrected chi connectivity index (χ3v) is 4.85. The highest BCUT2D eigenvalue weighted by molar-refractivity contribution is 5.81. The predicted octanol–water partition coefficient (Wildman–Crippen LogP) is 2.42. The van der Waals surface area contributed by atoms with Gasteiger partial charge in [-0.15, -0.1) is 0 Å². The fourth-order valence-electron chi connectivity index (χ4n) is 3.47. The van der Waals surface area contributed by atoms with Gasteiger partial charge in [0.05, 0.1) is 12.1 Å². The molecule has 1 amide bonds. The average molecular weight is 342 g/mol. The van der Waals surface area contributed by atoms with Gasteiger partial charge < -0.3 is 15.2 Å². The van der Waals surface area contributed by atoms with Crippen LogP contribution in [0, 0.1) is 0 Å². The average Bonchev–Trinajstić information content (AvgIpc) is 2.80. The van der Waals surface area contributed by atoms with Crippen molar-refractivity contribution in [3.8, 4) is 0 Å². The fraction of sp³-hybridized carbons (Fsp3) is 0.889. The van der Waals surface area contributed by atoms with Gasteiger partial charge in [-0.1, -0.05) is 32.1 Å². The summed E-state index contributed by atoms with van der Waals surface area (Å²) in [6.45, 7) is 2.32. The van der Waals surface area contributed by atoms with E-state index < -0.39 is 0 Å². The molecule has 2 rings (SSSR count). The van der Waals surface area contributed by atoms with Crippen LogP contribution in [0.3, 0.4) is 0 Å². The predicted molar refractivity (Wildman–Crippen MR) is 94.0 cm³/mol. The second kappa shape index (κ2) is 13.2. The number of hydrogen-bond donors (Lipinski definition) is 2. The molecule has 1 heterocycles. The maximum absolute atomic E-state index is 12.2. The van der Waals surface area contributed by atoms with E-state index in [1.54, 1.807) is 0 Å². The van der Waals surface area contributed by atoms with Crippen molar-refractivity contribution in [1.29, 1.82) is 0 Å². The Kier molecular flexibility index (Phi) is 11.5. The summed E-state index contributed by atoms with van der Waals surface area (Å²) in [6.07, 6.45) is 12.5. The molecule has 0 aromatic rings. The summed E-state index contributed by atoms with van der Waals surface area (Å²) in [5.74, 6) is 0.206. The molecule has 6 heteroatoms. The Morgan fingerprint density at radius 2 is 1.79 bits per heavy atom. The van der Waals surface area contributed by atoms with E-state index >= 15 is 0 Å². The van der Waals surface area contributed by atoms with Crippen LogP contribution in [0.2, 0.25) is 0 Å². The topological polar surface area (TPSA) is 78.9 Å². The second-order valence-corrected chi connectivity index (χ2v) is 6.73. The van der Waals surface area contributed by atoms with Crippen LogP contribution in [0.15, 0.2) is 0 Å². The molecule has 2 aliphatic rings. The number of rotatable bonds is 6. The molecular weight excluding hydrogens is 308 g/mol. The molecule has 1 aliphatic carbocycles. The molecule has 0 radical (unpaired) electrons. The molecule has 1 saturated carbocycles. The SMILES string of the molecule is CN1CCCCCC1C(=O)NCCCOC1CCCCC1.O=CO. The molecule has 0 aromatic carbocycles. The van der Waals surface area contributed by atoms with Gasteiger partial charge in [0.15, 0.2) is 0 Å². The minimum Gasteiger partial charge on any atom is -0.483 e. The zero-order chi connectivity index (χ0) is 17.6. The lowest BCUT2D eigenvalue weighted by atomic mass is 9.98. The molecule has 6 nitrogen and oxygen atoms in total. The molecule has 1 unspecified atom stereocenters. The van der Waals surface area contributed by atoms with Crippen LogP contribution >= 0.6 is 0 Å². The van der Waals surface area contributed by atoms with Gasteiger partial charge in [0.1, 0.15) is 0 Å². The van der Waals surface area contributed by atoms with Gasteiger partial charge in [-0.2, -0.15) is 0 Å². The molecule has 24 heavy (non-hydrogen) atoms. The van der Waals surface area contributed by atoms with Crippen molar-refractivity contribution in [2.24, 2.45) is 0 Å². The number of carboxylic acid groups (broad SMARTS) is 1. The van der Waals surface area contributed by atoms with Crippen LogP contribution in [0.5, 0.6) is 0 Å². The molecule has 0 aromatic heterocycles. The third kappa shape index (κ3) is 8.64. The Morgan fingerprint density at radius 3 is 2.50 bits per heavy atom. The number of likely N-dealkylation sites (tertiary alicyclic amines) is 1. The molecule has 140 valence electrons. The lowest BCUT2D eigenvalue weighted by Crippen LogP contribution is -2.45. The molecule has 1 atom stereocenters. The van der Waals surface area contributed by atoms with Crippen LogP contribution in [0.25, 0.3) is 0 Å². The first kappa shape index (κ1) is 20.9. The van der Waals surface area contributed by atoms with Gasteiger partial charge in [-0.25, -0.2) is 0 Å². The zero-order valence-electron chi connectivity index (χ0n) is 15.0. The van der Waals surface area contributed by atoms with Crippen molar-refractivity contribution in [2.75, 3.05) is 26.7 Å². The number of amides is 1. The van der Waals surface area contributed by atoms with Gasteiger partial charge in [0, 0.05) is 13.2 Å². The minimum absolute atomic E-state index is 0.0757. The number of nitrogens with zero attached hydrogens (tertiary/aromatic N) is 1. The van der Waals surface area contributed by atoms with Crippen molar-refractivity contribution in [3.05, 3.63) is 0 Å². The molecule has 2 N–H and O–H groups in total. The largest absolute Gasteiger partial charge is 0.483 e. The third-order valence-electron chi connectivity index (χ3n) is 4.85. The minimum atomic E-state index is -0.250. The molecule has 0 spiro atoms. The Morgan fingerprint density at radius 1 is 1.17 bits per heavy atom. The molecular formula is C18H34N2O4. The Bertz CT molecular complexity index is 346. The van der Waals surface area contributed by atoms with E-state index in [9.17, 15) is 4.79 Å². The fourth-order valence-corrected chi connectivity index (χ4v) is 3.47. The molecule has 1 saturated heterocycles. The number of nitrogens with one attached hydrogen (secondary N) is 1. The first-order valence-electron chi connectivity index (χ1n) is 9.36. The highest BCUT2D eigenvalue weighted by atomic mass is 16.5. The van der Waals surface area contributed by atoms with Crippen molar-refractivity contribution in [2.45, 2.75) is 76.4 Å². The van der Waals surface area contributed by atoms with Crippen LogP contribution in [0.1, 0.15) is 64.2 Å². The van der Waals surface area contributed by atoms with Crippen molar-refractivity contribution in [1.82, 2.24) is 10.2 Å². The van der Waals surface area contributed by atoms with E-state index in [0.29, 0.717) is 6.10 Å². The summed E-state index contributed by atoms with van der Waals surface area (Å²) in [4.78, 5) is 22.8. The second-order valence-electron chi connectivity index (χ2n) is 6.73. The smallest absolute Gasteiger partial charge is 0.290 e. The van der Waals surface area contributed by atoms with E-state index in [1.807, 2.05) is 0 Å². The van der Waals surface area contributed by atoms with Gasteiger partial charge in [-0.05, 0) is 45.7 Å². The monoisotopic (exact) mass is 342 g/mol. The molecule has 1 aliphatic heterocycles. The maximum atomic E-state index is 12.2. The highest BCUT2D eigenvalue weighted by Crippen LogP contribution is 2.20. The van der Waals surface area contributed by atoms with Gasteiger partial charge in [0.2, 0.25) is 5.91 Å². The zero-order valence-corrected chi connectivity index (χ0v) is 15.0. The van der Waals surface area contributed by atoms with Crippen molar-refractivity contribution in [3.63, 3.8) is 0 Å². The molecule has 0 bridgehead atoms. The summed E-state index contributed by atoms with van der Waals surface area (Å²) in [5.41, 5.74) is 0. The van der Waals surface area contributed by atoms with Crippen LogP contribution in [-0.4, -0.2) is 61.3 Å². The number of carbonyl (C=O) groups is 2. The van der Waals surface area contributed by atoms with E-state index in [0.717, 1.165) is 32.5 Å². The summed E-state index contributed by atoms with van der Waals surface area (Å²) < 4.78 is 5.89. The Labute approximate surface area is 145 Å². The summed E-state index contributed by atoms with van der Waals surface area (Å²) in [6, 6.07) is 0.0757. The quantitative estimate of drug-likeness (QED) is 0.572. The number of ether oxygens (including phenoxy) is 1.